The van der Waals surface area contributed by atoms with Gasteiger partial charge in [0.25, 0.3) is 0 Å². The molecule has 1 aliphatic heterocycles. The molecule has 0 aromatic heterocycles. The fraction of sp³-hybridized carbons (Fsp3) is 0.611. The van der Waals surface area contributed by atoms with Gasteiger partial charge in [-0.15, -0.1) is 0 Å². The summed E-state index contributed by atoms with van der Waals surface area (Å²) in [6, 6.07) is 8.35. The van der Waals surface area contributed by atoms with Crippen LogP contribution in [0.2, 0.25) is 0 Å². The van der Waals surface area contributed by atoms with E-state index in [9.17, 15) is 4.79 Å². The van der Waals surface area contributed by atoms with Crippen molar-refractivity contribution in [2.45, 2.75) is 52.1 Å². The summed E-state index contributed by atoms with van der Waals surface area (Å²) in [4.78, 5) is 12.1. The number of ether oxygens (including phenoxy) is 1. The van der Waals surface area contributed by atoms with Crippen LogP contribution in [0, 0.1) is 5.92 Å². The third kappa shape index (κ3) is 5.34. The van der Waals surface area contributed by atoms with Crippen LogP contribution in [0.4, 0.5) is 0 Å². The Morgan fingerprint density at radius 1 is 1.32 bits per heavy atom. The Kier molecular flexibility index (Phi) is 6.25. The van der Waals surface area contributed by atoms with Crippen LogP contribution < -0.4 is 15.4 Å². The van der Waals surface area contributed by atoms with E-state index in [0.29, 0.717) is 18.4 Å². The fourth-order valence-corrected chi connectivity index (χ4v) is 2.65. The second-order valence-electron chi connectivity index (χ2n) is 6.56. The Hall–Kier alpha value is -1.55. The zero-order valence-electron chi connectivity index (χ0n) is 13.9. The highest BCUT2D eigenvalue weighted by molar-refractivity contribution is 5.77. The average molecular weight is 304 g/mol. The molecule has 4 heteroatoms. The summed E-state index contributed by atoms with van der Waals surface area (Å²) in [5, 5.41) is 6.43. The molecular formula is C18H28N2O2. The van der Waals surface area contributed by atoms with Crippen LogP contribution >= 0.6 is 0 Å². The molecule has 1 aromatic rings. The molecule has 0 aliphatic carbocycles. The summed E-state index contributed by atoms with van der Waals surface area (Å²) in [6.07, 6.45) is 2.84. The Morgan fingerprint density at radius 3 is 2.64 bits per heavy atom. The average Bonchev–Trinajstić information content (AvgIpc) is 2.98. The molecule has 1 aliphatic rings. The van der Waals surface area contributed by atoms with Crippen LogP contribution in [0.1, 0.15) is 51.6 Å². The molecule has 2 rings (SSSR count). The first-order chi connectivity index (χ1) is 10.5. The molecule has 2 atom stereocenters. The van der Waals surface area contributed by atoms with Gasteiger partial charge in [0, 0.05) is 12.5 Å². The van der Waals surface area contributed by atoms with Gasteiger partial charge in [0.2, 0.25) is 5.91 Å². The highest BCUT2D eigenvalue weighted by Crippen LogP contribution is 2.18. The van der Waals surface area contributed by atoms with Crippen molar-refractivity contribution in [2.75, 3.05) is 13.2 Å². The Labute approximate surface area is 133 Å². The highest BCUT2D eigenvalue weighted by Gasteiger charge is 2.18. The van der Waals surface area contributed by atoms with Gasteiger partial charge in [-0.3, -0.25) is 4.79 Å². The number of carbonyl (C=O) groups excluding carboxylic acids is 1. The molecule has 1 heterocycles. The minimum absolute atomic E-state index is 0.0213. The number of rotatable bonds is 7. The molecule has 2 N–H and O–H groups in total. The lowest BCUT2D eigenvalue weighted by Crippen LogP contribution is -2.33. The first-order valence-electron chi connectivity index (χ1n) is 8.30. The maximum atomic E-state index is 12.1. The van der Waals surface area contributed by atoms with Crippen molar-refractivity contribution in [3.8, 4) is 5.75 Å². The zero-order chi connectivity index (χ0) is 15.9. The molecule has 22 heavy (non-hydrogen) atoms. The SMILES string of the molecule is CC(C)COc1ccc(C(C)NC(=O)CC2CCCN2)cc1. The first kappa shape index (κ1) is 16.8. The molecule has 122 valence electrons. The zero-order valence-corrected chi connectivity index (χ0v) is 13.9. The number of hydrogen-bond acceptors (Lipinski definition) is 3. The predicted octanol–water partition coefficient (Wildman–Crippen LogP) is 3.04. The maximum Gasteiger partial charge on any atom is 0.222 e. The largest absolute Gasteiger partial charge is 0.493 e. The van der Waals surface area contributed by atoms with Crippen LogP contribution in [-0.4, -0.2) is 25.1 Å². The van der Waals surface area contributed by atoms with E-state index >= 15 is 0 Å². The number of nitrogens with one attached hydrogen (secondary N) is 2. The van der Waals surface area contributed by atoms with Gasteiger partial charge in [-0.05, 0) is 49.9 Å². The summed E-state index contributed by atoms with van der Waals surface area (Å²) in [5.41, 5.74) is 1.10. The van der Waals surface area contributed by atoms with E-state index in [0.717, 1.165) is 30.9 Å². The fourth-order valence-electron chi connectivity index (χ4n) is 2.65. The van der Waals surface area contributed by atoms with Crippen LogP contribution in [0.15, 0.2) is 24.3 Å². The topological polar surface area (TPSA) is 50.4 Å². The summed E-state index contributed by atoms with van der Waals surface area (Å²) in [6.45, 7) is 8.03. The Morgan fingerprint density at radius 2 is 2.05 bits per heavy atom. The van der Waals surface area contributed by atoms with Crippen LogP contribution in [0.3, 0.4) is 0 Å². The lowest BCUT2D eigenvalue weighted by molar-refractivity contribution is -0.122. The summed E-state index contributed by atoms with van der Waals surface area (Å²) >= 11 is 0. The van der Waals surface area contributed by atoms with Crippen LogP contribution in [-0.2, 0) is 4.79 Å². The summed E-state index contributed by atoms with van der Waals surface area (Å²) < 4.78 is 5.68. The van der Waals surface area contributed by atoms with Crippen LogP contribution in [0.5, 0.6) is 5.75 Å². The number of hydrogen-bond donors (Lipinski definition) is 2. The van der Waals surface area contributed by atoms with Crippen molar-refractivity contribution in [3.05, 3.63) is 29.8 Å². The van der Waals surface area contributed by atoms with Gasteiger partial charge in [-0.25, -0.2) is 0 Å². The standard InChI is InChI=1S/C18H28N2O2/c1-13(2)12-22-17-8-6-15(7-9-17)14(3)20-18(21)11-16-5-4-10-19-16/h6-9,13-14,16,19H,4-5,10-12H2,1-3H3,(H,20,21). The third-order valence-electron chi connectivity index (χ3n) is 3.94. The number of carbonyl (C=O) groups is 1. The van der Waals surface area contributed by atoms with Gasteiger partial charge in [-0.1, -0.05) is 26.0 Å². The second-order valence-corrected chi connectivity index (χ2v) is 6.56. The van der Waals surface area contributed by atoms with Crippen LogP contribution in [0.25, 0.3) is 0 Å². The molecule has 0 radical (unpaired) electrons. The molecule has 1 aromatic carbocycles. The monoisotopic (exact) mass is 304 g/mol. The van der Waals surface area contributed by atoms with Gasteiger partial charge in [0.05, 0.1) is 12.6 Å². The van der Waals surface area contributed by atoms with E-state index < -0.39 is 0 Å². The lowest BCUT2D eigenvalue weighted by Gasteiger charge is -2.17. The van der Waals surface area contributed by atoms with Crippen molar-refractivity contribution in [3.63, 3.8) is 0 Å². The molecule has 0 spiro atoms. The second kappa shape index (κ2) is 8.18. The summed E-state index contributed by atoms with van der Waals surface area (Å²) in [5.74, 6) is 1.51. The molecule has 1 fully saturated rings. The predicted molar refractivity (Wildman–Crippen MR) is 89.0 cm³/mol. The highest BCUT2D eigenvalue weighted by atomic mass is 16.5. The van der Waals surface area contributed by atoms with E-state index in [1.54, 1.807) is 0 Å². The smallest absolute Gasteiger partial charge is 0.222 e. The number of benzene rings is 1. The Bertz CT molecular complexity index is 464. The van der Waals surface area contributed by atoms with Gasteiger partial charge >= 0.3 is 0 Å². The van der Waals surface area contributed by atoms with Crippen molar-refractivity contribution >= 4 is 5.91 Å². The van der Waals surface area contributed by atoms with Gasteiger partial charge < -0.3 is 15.4 Å². The minimum atomic E-state index is 0.0213. The normalized spacial score (nSPS) is 19.2. The third-order valence-corrected chi connectivity index (χ3v) is 3.94. The van der Waals surface area contributed by atoms with Gasteiger partial charge in [-0.2, -0.15) is 0 Å². The first-order valence-corrected chi connectivity index (χ1v) is 8.30. The molecule has 2 unspecified atom stereocenters. The van der Waals surface area contributed by atoms with Crippen molar-refractivity contribution in [1.29, 1.82) is 0 Å². The van der Waals surface area contributed by atoms with E-state index in [1.165, 1.54) is 6.42 Å². The van der Waals surface area contributed by atoms with E-state index in [-0.39, 0.29) is 11.9 Å². The molecular weight excluding hydrogens is 276 g/mol. The molecule has 0 bridgehead atoms. The molecule has 0 saturated carbocycles. The van der Waals surface area contributed by atoms with Gasteiger partial charge in [0.1, 0.15) is 5.75 Å². The molecule has 4 nitrogen and oxygen atoms in total. The maximum absolute atomic E-state index is 12.1. The summed E-state index contributed by atoms with van der Waals surface area (Å²) in [7, 11) is 0. The molecule has 1 amide bonds. The van der Waals surface area contributed by atoms with E-state index in [2.05, 4.69) is 24.5 Å². The minimum Gasteiger partial charge on any atom is -0.493 e. The van der Waals surface area contributed by atoms with Crippen molar-refractivity contribution in [1.82, 2.24) is 10.6 Å². The number of amides is 1. The lowest BCUT2D eigenvalue weighted by atomic mass is 10.1. The van der Waals surface area contributed by atoms with E-state index in [1.807, 2.05) is 31.2 Å². The van der Waals surface area contributed by atoms with Crippen molar-refractivity contribution in [2.24, 2.45) is 5.92 Å². The Balaban J connectivity index is 1.81. The van der Waals surface area contributed by atoms with Crippen molar-refractivity contribution < 1.29 is 9.53 Å². The van der Waals surface area contributed by atoms with E-state index in [4.69, 9.17) is 4.74 Å². The van der Waals surface area contributed by atoms with Gasteiger partial charge in [0.15, 0.2) is 0 Å². The molecule has 1 saturated heterocycles. The quantitative estimate of drug-likeness (QED) is 0.814.